The van der Waals surface area contributed by atoms with Gasteiger partial charge >= 0.3 is 12.1 Å². The van der Waals surface area contributed by atoms with Gasteiger partial charge in [0.1, 0.15) is 0 Å². The van der Waals surface area contributed by atoms with Gasteiger partial charge in [0.05, 0.1) is 22.0 Å². The van der Waals surface area contributed by atoms with Crippen molar-refractivity contribution in [3.05, 3.63) is 75.8 Å². The lowest BCUT2D eigenvalue weighted by Crippen LogP contribution is -2.17. The second-order valence-corrected chi connectivity index (χ2v) is 5.59. The van der Waals surface area contributed by atoms with E-state index >= 15 is 0 Å². The fourth-order valence-corrected chi connectivity index (χ4v) is 2.38. The maximum absolute atomic E-state index is 12.6. The predicted molar refractivity (Wildman–Crippen MR) is 87.6 cm³/mol. The van der Waals surface area contributed by atoms with Crippen LogP contribution in [0.4, 0.5) is 13.2 Å². The van der Waals surface area contributed by atoms with Gasteiger partial charge in [-0.15, -0.1) is 0 Å². The molecular weight excluding hydrogens is 349 g/mol. The number of esters is 1. The zero-order valence-corrected chi connectivity index (χ0v) is 13.5. The van der Waals surface area contributed by atoms with E-state index in [2.05, 4.69) is 9.97 Å². The Morgan fingerprint density at radius 3 is 2.42 bits per heavy atom. The number of hydrogen-bond donors (Lipinski definition) is 1. The summed E-state index contributed by atoms with van der Waals surface area (Å²) >= 11 is 0. The van der Waals surface area contributed by atoms with E-state index in [1.165, 1.54) is 6.92 Å². The lowest BCUT2D eigenvalue weighted by atomic mass is 10.1. The van der Waals surface area contributed by atoms with Crippen molar-refractivity contribution >= 4 is 16.9 Å². The van der Waals surface area contributed by atoms with Gasteiger partial charge in [0.15, 0.2) is 11.9 Å². The van der Waals surface area contributed by atoms with Gasteiger partial charge < -0.3 is 9.72 Å². The van der Waals surface area contributed by atoms with Gasteiger partial charge in [0, 0.05) is 0 Å². The summed E-state index contributed by atoms with van der Waals surface area (Å²) in [4.78, 5) is 31.0. The highest BCUT2D eigenvalue weighted by atomic mass is 19.4. The van der Waals surface area contributed by atoms with Gasteiger partial charge in [-0.25, -0.2) is 9.78 Å². The van der Waals surface area contributed by atoms with E-state index in [0.717, 1.165) is 24.3 Å². The van der Waals surface area contributed by atoms with E-state index in [0.29, 0.717) is 10.9 Å². The molecule has 0 aliphatic carbocycles. The van der Waals surface area contributed by atoms with Crippen LogP contribution in [0.25, 0.3) is 10.9 Å². The Hall–Kier alpha value is -3.16. The van der Waals surface area contributed by atoms with Crippen LogP contribution >= 0.6 is 0 Å². The van der Waals surface area contributed by atoms with Crippen molar-refractivity contribution < 1.29 is 22.7 Å². The van der Waals surface area contributed by atoms with Crippen molar-refractivity contribution in [3.8, 4) is 0 Å². The Morgan fingerprint density at radius 2 is 1.77 bits per heavy atom. The van der Waals surface area contributed by atoms with Crippen LogP contribution in [-0.4, -0.2) is 15.9 Å². The standard InChI is InChI=1S/C18H13F3N2O3/c1-10(15-22-14-5-3-2-4-13(14)16(24)23-15)26-17(25)11-6-8-12(9-7-11)18(19,20)21/h2-10H,1H3,(H,22,23,24)/t10-/m0/s1. The number of fused-ring (bicyclic) bond motifs is 1. The van der Waals surface area contributed by atoms with Crippen molar-refractivity contribution in [2.75, 3.05) is 0 Å². The Kier molecular flexibility index (Phi) is 4.50. The number of carbonyl (C=O) groups excluding carboxylic acids is 1. The van der Waals surface area contributed by atoms with Crippen molar-refractivity contribution in [1.29, 1.82) is 0 Å². The molecule has 1 aromatic heterocycles. The Bertz CT molecular complexity index is 1010. The summed E-state index contributed by atoms with van der Waals surface area (Å²) in [5.41, 5.74) is -0.817. The van der Waals surface area contributed by atoms with Crippen LogP contribution in [0.15, 0.2) is 53.3 Å². The number of ether oxygens (including phenoxy) is 1. The van der Waals surface area contributed by atoms with Crippen LogP contribution < -0.4 is 5.56 Å². The SMILES string of the molecule is C[C@H](OC(=O)c1ccc(C(F)(F)F)cc1)c1nc2ccccc2c(=O)[nH]1. The smallest absolute Gasteiger partial charge is 0.416 e. The van der Waals surface area contributed by atoms with Crippen LogP contribution in [0.2, 0.25) is 0 Å². The third kappa shape index (κ3) is 3.58. The minimum Gasteiger partial charge on any atom is -0.451 e. The van der Waals surface area contributed by atoms with Gasteiger partial charge in [0.2, 0.25) is 0 Å². The van der Waals surface area contributed by atoms with E-state index in [-0.39, 0.29) is 16.9 Å². The number of hydrogen-bond acceptors (Lipinski definition) is 4. The molecule has 0 aliphatic rings. The van der Waals surface area contributed by atoms with Crippen LogP contribution in [-0.2, 0) is 10.9 Å². The Morgan fingerprint density at radius 1 is 1.12 bits per heavy atom. The van der Waals surface area contributed by atoms with E-state index < -0.39 is 23.8 Å². The molecule has 3 aromatic rings. The summed E-state index contributed by atoms with van der Waals surface area (Å²) in [5.74, 6) is -0.670. The predicted octanol–water partition coefficient (Wildman–Crippen LogP) is 3.86. The van der Waals surface area contributed by atoms with Crippen molar-refractivity contribution in [2.24, 2.45) is 0 Å². The zero-order chi connectivity index (χ0) is 18.9. The highest BCUT2D eigenvalue weighted by molar-refractivity contribution is 5.89. The average molecular weight is 362 g/mol. The van der Waals surface area contributed by atoms with Gasteiger partial charge in [-0.2, -0.15) is 13.2 Å². The lowest BCUT2D eigenvalue weighted by molar-refractivity contribution is -0.137. The molecular formula is C18H13F3N2O3. The molecule has 0 unspecified atom stereocenters. The summed E-state index contributed by atoms with van der Waals surface area (Å²) in [6, 6.07) is 10.4. The Balaban J connectivity index is 1.80. The fourth-order valence-electron chi connectivity index (χ4n) is 2.38. The zero-order valence-electron chi connectivity index (χ0n) is 13.5. The fraction of sp³-hybridized carbons (Fsp3) is 0.167. The lowest BCUT2D eigenvalue weighted by Gasteiger charge is -2.13. The number of benzene rings is 2. The molecule has 0 spiro atoms. The van der Waals surface area contributed by atoms with Crippen LogP contribution in [0, 0.1) is 0 Å². The minimum absolute atomic E-state index is 0.0343. The van der Waals surface area contributed by atoms with Gasteiger partial charge in [-0.05, 0) is 43.3 Å². The third-order valence-electron chi connectivity index (χ3n) is 3.75. The molecule has 3 rings (SSSR count). The van der Waals surface area contributed by atoms with Gasteiger partial charge in [-0.1, -0.05) is 12.1 Å². The molecule has 0 fully saturated rings. The summed E-state index contributed by atoms with van der Waals surface area (Å²) in [6.45, 7) is 1.51. The first-order chi connectivity index (χ1) is 12.3. The van der Waals surface area contributed by atoms with Crippen molar-refractivity contribution in [3.63, 3.8) is 0 Å². The quantitative estimate of drug-likeness (QED) is 0.718. The number of aromatic amines is 1. The molecule has 1 N–H and O–H groups in total. The van der Waals surface area contributed by atoms with Crippen LogP contribution in [0.5, 0.6) is 0 Å². The number of alkyl halides is 3. The van der Waals surface area contributed by atoms with E-state index in [4.69, 9.17) is 4.74 Å². The number of aromatic nitrogens is 2. The number of carbonyl (C=O) groups is 1. The van der Waals surface area contributed by atoms with E-state index in [9.17, 15) is 22.8 Å². The molecule has 1 atom stereocenters. The molecule has 5 nitrogen and oxygen atoms in total. The molecule has 0 saturated heterocycles. The molecule has 0 radical (unpaired) electrons. The van der Waals surface area contributed by atoms with Crippen molar-refractivity contribution in [2.45, 2.75) is 19.2 Å². The number of halogens is 3. The normalized spacial score (nSPS) is 12.8. The second kappa shape index (κ2) is 6.62. The highest BCUT2D eigenvalue weighted by Crippen LogP contribution is 2.29. The van der Waals surface area contributed by atoms with E-state index in [1.807, 2.05) is 0 Å². The summed E-state index contributed by atoms with van der Waals surface area (Å²) in [5, 5.41) is 0.400. The minimum atomic E-state index is -4.48. The maximum atomic E-state index is 12.6. The monoisotopic (exact) mass is 362 g/mol. The third-order valence-corrected chi connectivity index (χ3v) is 3.75. The molecule has 8 heteroatoms. The molecule has 1 heterocycles. The van der Waals surface area contributed by atoms with Crippen LogP contribution in [0.1, 0.15) is 34.8 Å². The first-order valence-electron chi connectivity index (χ1n) is 7.63. The summed E-state index contributed by atoms with van der Waals surface area (Å²) in [6.07, 6.45) is -5.37. The average Bonchev–Trinajstić information content (AvgIpc) is 2.61. The van der Waals surface area contributed by atoms with Gasteiger partial charge in [0.25, 0.3) is 5.56 Å². The highest BCUT2D eigenvalue weighted by Gasteiger charge is 2.30. The molecule has 134 valence electrons. The summed E-state index contributed by atoms with van der Waals surface area (Å²) < 4.78 is 42.9. The number of nitrogens with one attached hydrogen (secondary N) is 1. The molecule has 0 bridgehead atoms. The van der Waals surface area contributed by atoms with Gasteiger partial charge in [-0.3, -0.25) is 4.79 Å². The van der Waals surface area contributed by atoms with Crippen LogP contribution in [0.3, 0.4) is 0 Å². The first kappa shape index (κ1) is 17.7. The first-order valence-corrected chi connectivity index (χ1v) is 7.63. The topological polar surface area (TPSA) is 72.0 Å². The number of para-hydroxylation sites is 1. The molecule has 2 aromatic carbocycles. The number of H-pyrrole nitrogens is 1. The number of nitrogens with zero attached hydrogens (tertiary/aromatic N) is 1. The summed E-state index contributed by atoms with van der Waals surface area (Å²) in [7, 11) is 0. The van der Waals surface area contributed by atoms with Crippen molar-refractivity contribution in [1.82, 2.24) is 9.97 Å². The maximum Gasteiger partial charge on any atom is 0.416 e. The van der Waals surface area contributed by atoms with E-state index in [1.54, 1.807) is 24.3 Å². The Labute approximate surface area is 145 Å². The second-order valence-electron chi connectivity index (χ2n) is 5.59. The molecule has 0 saturated carbocycles. The molecule has 26 heavy (non-hydrogen) atoms. The largest absolute Gasteiger partial charge is 0.451 e. The molecule has 0 aliphatic heterocycles. The number of rotatable bonds is 3. The molecule has 0 amide bonds.